The quantitative estimate of drug-likeness (QED) is 0.167. The van der Waals surface area contributed by atoms with Gasteiger partial charge in [-0.25, -0.2) is 0 Å². The lowest BCUT2D eigenvalue weighted by Gasteiger charge is -2.27. The summed E-state index contributed by atoms with van der Waals surface area (Å²) in [7, 11) is 0. The summed E-state index contributed by atoms with van der Waals surface area (Å²) in [4.78, 5) is 2.38. The van der Waals surface area contributed by atoms with E-state index in [1.54, 1.807) is 0 Å². The second kappa shape index (κ2) is 11.7. The molecule has 0 aliphatic carbocycles. The van der Waals surface area contributed by atoms with Crippen LogP contribution in [-0.4, -0.2) is 0 Å². The molecule has 0 N–H and O–H groups in total. The van der Waals surface area contributed by atoms with Crippen molar-refractivity contribution >= 4 is 80.9 Å². The van der Waals surface area contributed by atoms with Crippen LogP contribution in [0.1, 0.15) is 0 Å². The summed E-state index contributed by atoms with van der Waals surface area (Å²) in [5.74, 6) is 0. The normalized spacial score (nSPS) is 11.6. The van der Waals surface area contributed by atoms with Gasteiger partial charge in [-0.3, -0.25) is 0 Å². The van der Waals surface area contributed by atoms with E-state index >= 15 is 0 Å². The third-order valence-corrected chi connectivity index (χ3v) is 11.2. The van der Waals surface area contributed by atoms with Gasteiger partial charge in [0, 0.05) is 37.2 Å². The number of anilines is 3. The Kier molecular flexibility index (Phi) is 6.75. The molecule has 0 bridgehead atoms. The van der Waals surface area contributed by atoms with E-state index in [-0.39, 0.29) is 0 Å². The van der Waals surface area contributed by atoms with Crippen molar-refractivity contribution < 1.29 is 0 Å². The summed E-state index contributed by atoms with van der Waals surface area (Å²) >= 11 is 1.87. The van der Waals surface area contributed by atoms with Gasteiger partial charge < -0.3 is 4.90 Å². The maximum Gasteiger partial charge on any atom is 0.0468 e. The van der Waals surface area contributed by atoms with Crippen LogP contribution in [0.5, 0.6) is 0 Å². The minimum absolute atomic E-state index is 1.12. The second-order valence-corrected chi connectivity index (χ2v) is 14.0. The Morgan fingerprint density at radius 3 is 1.80 bits per heavy atom. The van der Waals surface area contributed by atoms with E-state index in [0.29, 0.717) is 0 Å². The molecule has 9 aromatic carbocycles. The molecule has 0 radical (unpaired) electrons. The Morgan fingerprint density at radius 2 is 0.900 bits per heavy atom. The lowest BCUT2D eigenvalue weighted by atomic mass is 9.97. The predicted molar refractivity (Wildman–Crippen MR) is 217 cm³/mol. The van der Waals surface area contributed by atoms with Crippen LogP contribution < -0.4 is 4.90 Å². The number of fused-ring (bicyclic) bond motifs is 8. The third-order valence-electron chi connectivity index (χ3n) is 10.0. The number of hydrogen-bond donors (Lipinski definition) is 0. The van der Waals surface area contributed by atoms with Crippen LogP contribution in [0.15, 0.2) is 188 Å². The standard InChI is InChI=1S/C48H31NS/c1-2-9-32(10-3-1)36-12-8-13-40(29-36)49(41-26-27-43-38(30-41)20-18-34-11-4-5-14-42(34)43)39-24-21-33(22-25-39)37-19-17-35-23-28-47-48(45(35)31-37)44-15-6-7-16-46(44)50-47/h1-31H. The highest BCUT2D eigenvalue weighted by atomic mass is 32.1. The maximum atomic E-state index is 2.38. The molecule has 2 heteroatoms. The van der Waals surface area contributed by atoms with Gasteiger partial charge in [0.1, 0.15) is 0 Å². The minimum Gasteiger partial charge on any atom is -0.310 e. The van der Waals surface area contributed by atoms with E-state index in [2.05, 4.69) is 193 Å². The monoisotopic (exact) mass is 653 g/mol. The SMILES string of the molecule is c1ccc(-c2cccc(N(c3ccc(-c4ccc5ccc6sc7ccccc7c6c5c4)cc3)c3ccc4c(ccc5ccccc54)c3)c2)cc1. The summed E-state index contributed by atoms with van der Waals surface area (Å²) in [6.45, 7) is 0. The molecule has 0 aliphatic heterocycles. The van der Waals surface area contributed by atoms with Gasteiger partial charge in [0.25, 0.3) is 0 Å². The van der Waals surface area contributed by atoms with Crippen molar-refractivity contribution in [3.63, 3.8) is 0 Å². The first-order valence-corrected chi connectivity index (χ1v) is 17.9. The lowest BCUT2D eigenvalue weighted by Crippen LogP contribution is -2.10. The molecular weight excluding hydrogens is 623 g/mol. The van der Waals surface area contributed by atoms with E-state index in [0.717, 1.165) is 17.1 Å². The van der Waals surface area contributed by atoms with Gasteiger partial charge in [-0.2, -0.15) is 0 Å². The molecular formula is C48H31NS. The van der Waals surface area contributed by atoms with Crippen LogP contribution >= 0.6 is 11.3 Å². The van der Waals surface area contributed by atoms with Crippen molar-refractivity contribution in [2.45, 2.75) is 0 Å². The van der Waals surface area contributed by atoms with Gasteiger partial charge in [-0.05, 0) is 109 Å². The average molecular weight is 654 g/mol. The topological polar surface area (TPSA) is 3.24 Å². The highest BCUT2D eigenvalue weighted by Crippen LogP contribution is 2.42. The van der Waals surface area contributed by atoms with Crippen LogP contribution in [0.4, 0.5) is 17.1 Å². The first-order chi connectivity index (χ1) is 24.8. The Labute approximate surface area is 294 Å². The van der Waals surface area contributed by atoms with Crippen LogP contribution in [0, 0.1) is 0 Å². The van der Waals surface area contributed by atoms with Crippen LogP contribution in [0.3, 0.4) is 0 Å². The summed E-state index contributed by atoms with van der Waals surface area (Å²) < 4.78 is 2.67. The molecule has 10 aromatic rings. The number of benzene rings is 9. The molecule has 0 atom stereocenters. The Bertz CT molecular complexity index is 2870. The molecule has 0 spiro atoms. The number of thiophene rings is 1. The largest absolute Gasteiger partial charge is 0.310 e. The second-order valence-electron chi connectivity index (χ2n) is 13.0. The summed E-state index contributed by atoms with van der Waals surface area (Å²) in [5, 5.41) is 10.3. The Morgan fingerprint density at radius 1 is 0.300 bits per heavy atom. The first kappa shape index (κ1) is 28.8. The van der Waals surface area contributed by atoms with Gasteiger partial charge in [-0.15, -0.1) is 11.3 Å². The molecule has 0 unspecified atom stereocenters. The van der Waals surface area contributed by atoms with E-state index in [1.807, 2.05) is 11.3 Å². The van der Waals surface area contributed by atoms with Gasteiger partial charge >= 0.3 is 0 Å². The highest BCUT2D eigenvalue weighted by molar-refractivity contribution is 7.26. The Balaban J connectivity index is 1.10. The van der Waals surface area contributed by atoms with E-state index < -0.39 is 0 Å². The van der Waals surface area contributed by atoms with E-state index in [4.69, 9.17) is 0 Å². The van der Waals surface area contributed by atoms with Gasteiger partial charge in [0.15, 0.2) is 0 Å². The lowest BCUT2D eigenvalue weighted by molar-refractivity contribution is 1.29. The fourth-order valence-corrected chi connectivity index (χ4v) is 8.69. The van der Waals surface area contributed by atoms with Crippen molar-refractivity contribution in [1.29, 1.82) is 0 Å². The number of hydrogen-bond acceptors (Lipinski definition) is 2. The minimum atomic E-state index is 1.12. The number of nitrogens with zero attached hydrogens (tertiary/aromatic N) is 1. The fraction of sp³-hybridized carbons (Fsp3) is 0. The maximum absolute atomic E-state index is 2.38. The predicted octanol–water partition coefficient (Wildman–Crippen LogP) is 14.3. The number of rotatable bonds is 5. The smallest absolute Gasteiger partial charge is 0.0468 e. The molecule has 0 saturated carbocycles. The van der Waals surface area contributed by atoms with Crippen molar-refractivity contribution in [3.8, 4) is 22.3 Å². The van der Waals surface area contributed by atoms with Crippen molar-refractivity contribution in [2.24, 2.45) is 0 Å². The molecule has 0 fully saturated rings. The summed E-state index contributed by atoms with van der Waals surface area (Å²) in [6, 6.07) is 68.7. The molecule has 0 saturated heterocycles. The zero-order chi connectivity index (χ0) is 33.0. The summed E-state index contributed by atoms with van der Waals surface area (Å²) in [6.07, 6.45) is 0. The summed E-state index contributed by atoms with van der Waals surface area (Å²) in [5.41, 5.74) is 8.20. The van der Waals surface area contributed by atoms with Crippen LogP contribution in [0.2, 0.25) is 0 Å². The highest BCUT2D eigenvalue weighted by Gasteiger charge is 2.16. The van der Waals surface area contributed by atoms with Crippen LogP contribution in [0.25, 0.3) is 74.7 Å². The van der Waals surface area contributed by atoms with Crippen molar-refractivity contribution in [2.75, 3.05) is 4.90 Å². The molecule has 50 heavy (non-hydrogen) atoms. The van der Waals surface area contributed by atoms with Gasteiger partial charge in [0.05, 0.1) is 0 Å². The molecule has 10 rings (SSSR count). The molecule has 234 valence electrons. The van der Waals surface area contributed by atoms with Gasteiger partial charge in [-0.1, -0.05) is 133 Å². The molecule has 0 amide bonds. The fourth-order valence-electron chi connectivity index (χ4n) is 7.57. The molecule has 1 heterocycles. The molecule has 0 aliphatic rings. The average Bonchev–Trinajstić information content (AvgIpc) is 3.58. The molecule has 1 nitrogen and oxygen atoms in total. The first-order valence-electron chi connectivity index (χ1n) is 17.1. The van der Waals surface area contributed by atoms with Crippen molar-refractivity contribution in [1.82, 2.24) is 0 Å². The zero-order valence-electron chi connectivity index (χ0n) is 27.3. The van der Waals surface area contributed by atoms with E-state index in [9.17, 15) is 0 Å². The van der Waals surface area contributed by atoms with Crippen molar-refractivity contribution in [3.05, 3.63) is 188 Å². The molecule has 1 aromatic heterocycles. The van der Waals surface area contributed by atoms with Crippen LogP contribution in [-0.2, 0) is 0 Å². The zero-order valence-corrected chi connectivity index (χ0v) is 28.1. The van der Waals surface area contributed by atoms with Gasteiger partial charge in [0.2, 0.25) is 0 Å². The Hall–Kier alpha value is -6.22. The van der Waals surface area contributed by atoms with E-state index in [1.165, 1.54) is 74.7 Å². The third kappa shape index (κ3) is 4.84.